The van der Waals surface area contributed by atoms with Crippen LogP contribution in [-0.4, -0.2) is 41.1 Å². The molecule has 0 aliphatic carbocycles. The Morgan fingerprint density at radius 2 is 1.85 bits per heavy atom. The summed E-state index contributed by atoms with van der Waals surface area (Å²) < 4.78 is 0. The highest BCUT2D eigenvalue weighted by Crippen LogP contribution is 2.16. The lowest BCUT2D eigenvalue weighted by atomic mass is 9.97. The van der Waals surface area contributed by atoms with Crippen molar-refractivity contribution in [3.63, 3.8) is 0 Å². The van der Waals surface area contributed by atoms with E-state index in [0.29, 0.717) is 6.42 Å². The van der Waals surface area contributed by atoms with E-state index in [1.165, 1.54) is 11.1 Å². The summed E-state index contributed by atoms with van der Waals surface area (Å²) >= 11 is 0. The Labute approximate surface area is 120 Å². The number of nitrogens with two attached hydrogens (primary N) is 1. The summed E-state index contributed by atoms with van der Waals surface area (Å²) in [4.78, 5) is 13.4. The number of fused-ring (bicyclic) bond motifs is 1. The van der Waals surface area contributed by atoms with Crippen LogP contribution < -0.4 is 5.73 Å². The largest absolute Gasteiger partial charge is 0.480 e. The zero-order chi connectivity index (χ0) is 14.6. The van der Waals surface area contributed by atoms with Crippen LogP contribution in [0, 0.1) is 0 Å². The molecule has 0 radical (unpaired) electrons. The minimum Gasteiger partial charge on any atom is -0.480 e. The number of carboxylic acids is 1. The number of hydrogen-bond donors (Lipinski definition) is 2. The van der Waals surface area contributed by atoms with Crippen molar-refractivity contribution in [3.8, 4) is 0 Å². The molecule has 20 heavy (non-hydrogen) atoms. The predicted octanol–water partition coefficient (Wildman–Crippen LogP) is 1.67. The molecule has 0 saturated carbocycles. The van der Waals surface area contributed by atoms with Gasteiger partial charge < -0.3 is 15.7 Å². The first-order valence-corrected chi connectivity index (χ1v) is 7.30. The molecular formula is C16H24N2O2. The van der Waals surface area contributed by atoms with Crippen LogP contribution in [0.4, 0.5) is 0 Å². The van der Waals surface area contributed by atoms with Crippen LogP contribution >= 0.6 is 0 Å². The maximum atomic E-state index is 11.0. The zero-order valence-electron chi connectivity index (χ0n) is 12.1. The highest BCUT2D eigenvalue weighted by atomic mass is 16.4. The molecule has 0 saturated heterocycles. The lowest BCUT2D eigenvalue weighted by molar-refractivity contribution is -0.142. The van der Waals surface area contributed by atoms with Crippen molar-refractivity contribution in [3.05, 3.63) is 35.4 Å². The van der Waals surface area contributed by atoms with Gasteiger partial charge >= 0.3 is 5.97 Å². The molecule has 1 unspecified atom stereocenters. The Kier molecular flexibility index (Phi) is 4.78. The maximum absolute atomic E-state index is 11.0. The summed E-state index contributed by atoms with van der Waals surface area (Å²) in [7, 11) is 0. The van der Waals surface area contributed by atoms with Crippen LogP contribution in [0.3, 0.4) is 0 Å². The molecule has 110 valence electrons. The van der Waals surface area contributed by atoms with Crippen LogP contribution in [0.1, 0.15) is 30.9 Å². The molecule has 0 fully saturated rings. The van der Waals surface area contributed by atoms with E-state index in [0.717, 1.165) is 38.9 Å². The molecule has 1 atom stereocenters. The zero-order valence-corrected chi connectivity index (χ0v) is 12.1. The monoisotopic (exact) mass is 276 g/mol. The summed E-state index contributed by atoms with van der Waals surface area (Å²) in [5, 5.41) is 9.00. The summed E-state index contributed by atoms with van der Waals surface area (Å²) in [5.74, 6) is -0.916. The Balaban J connectivity index is 1.81. The van der Waals surface area contributed by atoms with E-state index in [1.807, 2.05) is 0 Å². The number of aliphatic carboxylic acids is 1. The normalized spacial score (nSPS) is 18.9. The van der Waals surface area contributed by atoms with E-state index < -0.39 is 11.5 Å². The summed E-state index contributed by atoms with van der Waals surface area (Å²) in [6, 6.07) is 8.61. The third-order valence-electron chi connectivity index (χ3n) is 4.17. The van der Waals surface area contributed by atoms with Crippen LogP contribution in [0.2, 0.25) is 0 Å². The second-order valence-electron chi connectivity index (χ2n) is 5.94. The third-order valence-corrected chi connectivity index (χ3v) is 4.17. The van der Waals surface area contributed by atoms with Crippen LogP contribution in [0.25, 0.3) is 0 Å². The van der Waals surface area contributed by atoms with Gasteiger partial charge in [-0.25, -0.2) is 0 Å². The van der Waals surface area contributed by atoms with Gasteiger partial charge in [-0.2, -0.15) is 0 Å². The molecule has 4 heteroatoms. The van der Waals surface area contributed by atoms with Gasteiger partial charge in [-0.15, -0.1) is 0 Å². The molecule has 1 aromatic carbocycles. The Hall–Kier alpha value is -1.39. The molecule has 0 aromatic heterocycles. The number of benzene rings is 1. The SMILES string of the molecule is CC(N)(CCCN1CCc2ccccc2CC1)C(=O)O. The lowest BCUT2D eigenvalue weighted by Crippen LogP contribution is -2.45. The highest BCUT2D eigenvalue weighted by Gasteiger charge is 2.27. The van der Waals surface area contributed by atoms with Crippen LogP contribution in [0.5, 0.6) is 0 Å². The van der Waals surface area contributed by atoms with Gasteiger partial charge in [0.05, 0.1) is 0 Å². The Bertz CT molecular complexity index is 444. The van der Waals surface area contributed by atoms with Gasteiger partial charge in [0.1, 0.15) is 5.54 Å². The quantitative estimate of drug-likeness (QED) is 0.858. The topological polar surface area (TPSA) is 66.6 Å². The predicted molar refractivity (Wildman–Crippen MR) is 79.8 cm³/mol. The minimum atomic E-state index is -1.10. The highest BCUT2D eigenvalue weighted by molar-refractivity contribution is 5.77. The number of rotatable bonds is 5. The number of nitrogens with zero attached hydrogens (tertiary/aromatic N) is 1. The van der Waals surface area contributed by atoms with Gasteiger partial charge in [0.25, 0.3) is 0 Å². The fourth-order valence-corrected chi connectivity index (χ4v) is 2.71. The van der Waals surface area contributed by atoms with Gasteiger partial charge in [0.2, 0.25) is 0 Å². The molecule has 3 N–H and O–H groups in total. The van der Waals surface area contributed by atoms with E-state index >= 15 is 0 Å². The van der Waals surface area contributed by atoms with Gasteiger partial charge in [-0.05, 0) is 50.3 Å². The van der Waals surface area contributed by atoms with E-state index in [2.05, 4.69) is 29.2 Å². The summed E-state index contributed by atoms with van der Waals surface area (Å²) in [6.07, 6.45) is 3.51. The van der Waals surface area contributed by atoms with E-state index in [9.17, 15) is 4.79 Å². The maximum Gasteiger partial charge on any atom is 0.323 e. The van der Waals surface area contributed by atoms with Gasteiger partial charge in [0, 0.05) is 13.1 Å². The van der Waals surface area contributed by atoms with Crippen LogP contribution in [-0.2, 0) is 17.6 Å². The van der Waals surface area contributed by atoms with Crippen molar-refractivity contribution in [2.45, 2.75) is 38.1 Å². The van der Waals surface area contributed by atoms with E-state index in [-0.39, 0.29) is 0 Å². The first-order chi connectivity index (χ1) is 9.49. The average molecular weight is 276 g/mol. The Morgan fingerprint density at radius 3 is 2.35 bits per heavy atom. The molecule has 1 aromatic rings. The average Bonchev–Trinajstić information content (AvgIpc) is 2.61. The van der Waals surface area contributed by atoms with E-state index in [1.54, 1.807) is 6.92 Å². The molecule has 4 nitrogen and oxygen atoms in total. The Morgan fingerprint density at radius 1 is 1.30 bits per heavy atom. The summed E-state index contributed by atoms with van der Waals surface area (Å²) in [5.41, 5.74) is 7.55. The number of carboxylic acid groups (broad SMARTS) is 1. The van der Waals surface area contributed by atoms with Crippen LogP contribution in [0.15, 0.2) is 24.3 Å². The molecule has 0 spiro atoms. The number of hydrogen-bond acceptors (Lipinski definition) is 3. The second-order valence-corrected chi connectivity index (χ2v) is 5.94. The minimum absolute atomic E-state index is 0.520. The molecule has 1 aliphatic rings. The fraction of sp³-hybridized carbons (Fsp3) is 0.562. The van der Waals surface area contributed by atoms with Gasteiger partial charge in [-0.3, -0.25) is 4.79 Å². The number of carbonyl (C=O) groups is 1. The summed E-state index contributed by atoms with van der Waals surface area (Å²) in [6.45, 7) is 4.61. The van der Waals surface area contributed by atoms with Gasteiger partial charge in [-0.1, -0.05) is 24.3 Å². The molecule has 0 bridgehead atoms. The fourth-order valence-electron chi connectivity index (χ4n) is 2.71. The van der Waals surface area contributed by atoms with E-state index in [4.69, 9.17) is 10.8 Å². The molecule has 0 amide bonds. The molecule has 1 aliphatic heterocycles. The van der Waals surface area contributed by atoms with Crippen molar-refractivity contribution in [2.75, 3.05) is 19.6 Å². The van der Waals surface area contributed by atoms with Gasteiger partial charge in [0.15, 0.2) is 0 Å². The van der Waals surface area contributed by atoms with Crippen molar-refractivity contribution in [1.29, 1.82) is 0 Å². The lowest BCUT2D eigenvalue weighted by Gasteiger charge is -2.23. The van der Waals surface area contributed by atoms with Crippen molar-refractivity contribution in [1.82, 2.24) is 4.90 Å². The van der Waals surface area contributed by atoms with Crippen molar-refractivity contribution < 1.29 is 9.90 Å². The first-order valence-electron chi connectivity index (χ1n) is 7.30. The first kappa shape index (κ1) is 15.0. The molecule has 1 heterocycles. The van der Waals surface area contributed by atoms with Crippen molar-refractivity contribution in [2.24, 2.45) is 5.73 Å². The second kappa shape index (κ2) is 6.37. The standard InChI is InChI=1S/C16H24N2O2/c1-16(17,15(19)20)9-4-10-18-11-7-13-5-2-3-6-14(13)8-12-18/h2-3,5-6H,4,7-12,17H2,1H3,(H,19,20). The molecule has 2 rings (SSSR count). The van der Waals surface area contributed by atoms with Crippen molar-refractivity contribution >= 4 is 5.97 Å². The molecular weight excluding hydrogens is 252 g/mol. The smallest absolute Gasteiger partial charge is 0.323 e. The third kappa shape index (κ3) is 3.81.